The molecule has 1 aromatic heterocycles. The zero-order valence-electron chi connectivity index (χ0n) is 16.3. The zero-order chi connectivity index (χ0) is 18.4. The third-order valence-electron chi connectivity index (χ3n) is 5.72. The third-order valence-corrected chi connectivity index (χ3v) is 5.72. The molecule has 2 saturated heterocycles. The number of nitrogens with one attached hydrogen (secondary N) is 1. The van der Waals surface area contributed by atoms with Crippen molar-refractivity contribution in [2.45, 2.75) is 71.1 Å². The molecule has 26 heavy (non-hydrogen) atoms. The first-order valence-electron chi connectivity index (χ1n) is 10.3. The Hall–Kier alpha value is -1.40. The molecule has 0 radical (unpaired) electrons. The van der Waals surface area contributed by atoms with Gasteiger partial charge in [-0.05, 0) is 39.2 Å². The largest absolute Gasteiger partial charge is 0.372 e. The summed E-state index contributed by atoms with van der Waals surface area (Å²) in [6.07, 6.45) is 8.43. The molecule has 6 nitrogen and oxygen atoms in total. The number of amides is 1. The highest BCUT2D eigenvalue weighted by Crippen LogP contribution is 2.34. The molecule has 0 aromatic carbocycles. The maximum atomic E-state index is 12.5. The fourth-order valence-corrected chi connectivity index (χ4v) is 4.15. The molecule has 6 heteroatoms. The van der Waals surface area contributed by atoms with Crippen LogP contribution in [0.5, 0.6) is 0 Å². The van der Waals surface area contributed by atoms with Gasteiger partial charge in [-0.3, -0.25) is 9.48 Å². The van der Waals surface area contributed by atoms with Crippen LogP contribution in [-0.4, -0.2) is 52.9 Å². The van der Waals surface area contributed by atoms with Crippen LogP contribution >= 0.6 is 0 Å². The first-order valence-corrected chi connectivity index (χ1v) is 10.3. The topological polar surface area (TPSA) is 59.4 Å². The van der Waals surface area contributed by atoms with Crippen LogP contribution in [0, 0.1) is 5.92 Å². The number of hydrogen-bond donors (Lipinski definition) is 1. The number of aromatic nitrogens is 2. The number of aryl methyl sites for hydroxylation is 1. The second-order valence-corrected chi connectivity index (χ2v) is 7.72. The second-order valence-electron chi connectivity index (χ2n) is 7.72. The molecule has 2 aliphatic rings. The van der Waals surface area contributed by atoms with E-state index in [4.69, 9.17) is 4.74 Å². The van der Waals surface area contributed by atoms with E-state index in [9.17, 15) is 4.79 Å². The van der Waals surface area contributed by atoms with Crippen molar-refractivity contribution in [2.24, 2.45) is 5.92 Å². The smallest absolute Gasteiger partial charge is 0.224 e. The van der Waals surface area contributed by atoms with E-state index in [1.165, 1.54) is 18.5 Å². The van der Waals surface area contributed by atoms with Gasteiger partial charge in [-0.15, -0.1) is 0 Å². The monoisotopic (exact) mass is 362 g/mol. The fraction of sp³-hybridized carbons (Fsp3) is 0.800. The van der Waals surface area contributed by atoms with Gasteiger partial charge in [-0.1, -0.05) is 12.8 Å². The van der Waals surface area contributed by atoms with Crippen LogP contribution in [0.25, 0.3) is 0 Å². The number of hydrogen-bond acceptors (Lipinski definition) is 4. The van der Waals surface area contributed by atoms with Crippen molar-refractivity contribution >= 4 is 5.91 Å². The predicted octanol–water partition coefficient (Wildman–Crippen LogP) is 2.75. The number of rotatable bonds is 7. The van der Waals surface area contributed by atoms with Crippen LogP contribution in [0.4, 0.5) is 0 Å². The highest BCUT2D eigenvalue weighted by atomic mass is 16.5. The van der Waals surface area contributed by atoms with Crippen LogP contribution < -0.4 is 5.32 Å². The molecule has 2 fully saturated rings. The summed E-state index contributed by atoms with van der Waals surface area (Å²) < 4.78 is 8.02. The van der Waals surface area contributed by atoms with E-state index in [1.807, 2.05) is 10.9 Å². The molecule has 146 valence electrons. The normalized spacial score (nSPS) is 25.2. The molecule has 0 aliphatic carbocycles. The fourth-order valence-electron chi connectivity index (χ4n) is 4.15. The SMILES string of the molecule is CCn1nccc1[C@@H]1OCC[C@H]1CNC(C)CC(=O)N1CCCCCC1. The molecule has 3 heterocycles. The summed E-state index contributed by atoms with van der Waals surface area (Å²) in [7, 11) is 0. The molecule has 1 N–H and O–H groups in total. The Labute approximate surface area is 157 Å². The summed E-state index contributed by atoms with van der Waals surface area (Å²) in [5.74, 6) is 0.739. The van der Waals surface area contributed by atoms with Gasteiger partial charge in [-0.2, -0.15) is 5.10 Å². The van der Waals surface area contributed by atoms with Crippen molar-refractivity contribution in [1.29, 1.82) is 0 Å². The van der Waals surface area contributed by atoms with Gasteiger partial charge in [-0.25, -0.2) is 0 Å². The van der Waals surface area contributed by atoms with Crippen molar-refractivity contribution in [1.82, 2.24) is 20.0 Å². The van der Waals surface area contributed by atoms with Gasteiger partial charge in [0.05, 0.1) is 5.69 Å². The summed E-state index contributed by atoms with van der Waals surface area (Å²) >= 11 is 0. The van der Waals surface area contributed by atoms with Gasteiger partial charge in [0, 0.05) is 57.4 Å². The van der Waals surface area contributed by atoms with Crippen LogP contribution in [0.2, 0.25) is 0 Å². The summed E-state index contributed by atoms with van der Waals surface area (Å²) in [4.78, 5) is 14.6. The second kappa shape index (κ2) is 9.51. The predicted molar refractivity (Wildman–Crippen MR) is 102 cm³/mol. The van der Waals surface area contributed by atoms with Crippen molar-refractivity contribution in [3.05, 3.63) is 18.0 Å². The molecule has 1 aromatic rings. The van der Waals surface area contributed by atoms with Crippen molar-refractivity contribution in [3.8, 4) is 0 Å². The molecule has 3 atom stereocenters. The summed E-state index contributed by atoms with van der Waals surface area (Å²) in [6, 6.07) is 2.27. The maximum Gasteiger partial charge on any atom is 0.224 e. The molecule has 0 bridgehead atoms. The van der Waals surface area contributed by atoms with Crippen LogP contribution in [0.15, 0.2) is 12.3 Å². The lowest BCUT2D eigenvalue weighted by Gasteiger charge is -2.25. The first kappa shape index (κ1) is 19.4. The van der Waals surface area contributed by atoms with Crippen LogP contribution in [0.1, 0.15) is 64.2 Å². The number of ether oxygens (including phenoxy) is 1. The first-order chi connectivity index (χ1) is 12.7. The molecule has 0 saturated carbocycles. The van der Waals surface area contributed by atoms with Crippen LogP contribution in [-0.2, 0) is 16.1 Å². The van der Waals surface area contributed by atoms with Crippen molar-refractivity contribution in [2.75, 3.05) is 26.2 Å². The summed E-state index contributed by atoms with van der Waals surface area (Å²) in [5.41, 5.74) is 1.17. The maximum absolute atomic E-state index is 12.5. The average Bonchev–Trinajstić information content (AvgIpc) is 3.21. The Bertz CT molecular complexity index is 566. The highest BCUT2D eigenvalue weighted by Gasteiger charge is 2.32. The Morgan fingerprint density at radius 1 is 1.35 bits per heavy atom. The van der Waals surface area contributed by atoms with Crippen molar-refractivity contribution in [3.63, 3.8) is 0 Å². The van der Waals surface area contributed by atoms with Gasteiger partial charge in [0.2, 0.25) is 5.91 Å². The Morgan fingerprint density at radius 3 is 2.85 bits per heavy atom. The standard InChI is InChI=1S/C20H34N4O2/c1-3-24-18(8-10-22-24)20-17(9-13-26-20)15-21-16(2)14-19(25)23-11-6-4-5-7-12-23/h8,10,16-17,20-21H,3-7,9,11-15H2,1-2H3/t16?,17-,20+/m0/s1. The van der Waals surface area contributed by atoms with E-state index in [1.54, 1.807) is 0 Å². The minimum atomic E-state index is 0.110. The Morgan fingerprint density at radius 2 is 2.12 bits per heavy atom. The molecule has 0 spiro atoms. The minimum absolute atomic E-state index is 0.110. The van der Waals surface area contributed by atoms with Crippen LogP contribution in [0.3, 0.4) is 0 Å². The van der Waals surface area contributed by atoms with Crippen molar-refractivity contribution < 1.29 is 9.53 Å². The lowest BCUT2D eigenvalue weighted by atomic mass is 9.98. The van der Waals surface area contributed by atoms with Gasteiger partial charge in [0.25, 0.3) is 0 Å². The molecular weight excluding hydrogens is 328 g/mol. The van der Waals surface area contributed by atoms with E-state index in [0.29, 0.717) is 18.2 Å². The third kappa shape index (κ3) is 4.86. The van der Waals surface area contributed by atoms with Gasteiger partial charge in [0.15, 0.2) is 0 Å². The number of nitrogens with zero attached hydrogens (tertiary/aromatic N) is 3. The molecule has 1 amide bonds. The molecular formula is C20H34N4O2. The minimum Gasteiger partial charge on any atom is -0.372 e. The van der Waals surface area contributed by atoms with E-state index in [0.717, 1.165) is 52.0 Å². The Kier molecular flexibility index (Phi) is 7.08. The van der Waals surface area contributed by atoms with Gasteiger partial charge in [0.1, 0.15) is 6.10 Å². The molecule has 3 rings (SSSR count). The Balaban J connectivity index is 1.47. The van der Waals surface area contributed by atoms with E-state index < -0.39 is 0 Å². The average molecular weight is 363 g/mol. The zero-order valence-corrected chi connectivity index (χ0v) is 16.3. The summed E-state index contributed by atoms with van der Waals surface area (Å²) in [6.45, 7) is 8.65. The van der Waals surface area contributed by atoms with Gasteiger partial charge >= 0.3 is 0 Å². The molecule has 1 unspecified atom stereocenters. The highest BCUT2D eigenvalue weighted by molar-refractivity contribution is 5.76. The van der Waals surface area contributed by atoms with Gasteiger partial charge < -0.3 is 15.0 Å². The quantitative estimate of drug-likeness (QED) is 0.810. The molecule has 2 aliphatic heterocycles. The number of carbonyl (C=O) groups is 1. The number of carbonyl (C=O) groups excluding carboxylic acids is 1. The van der Waals surface area contributed by atoms with E-state index in [2.05, 4.69) is 35.2 Å². The number of likely N-dealkylation sites (tertiary alicyclic amines) is 1. The van der Waals surface area contributed by atoms with E-state index >= 15 is 0 Å². The van der Waals surface area contributed by atoms with E-state index in [-0.39, 0.29) is 12.1 Å². The lowest BCUT2D eigenvalue weighted by Crippen LogP contribution is -2.39. The lowest BCUT2D eigenvalue weighted by molar-refractivity contribution is -0.131. The summed E-state index contributed by atoms with van der Waals surface area (Å²) in [5, 5.41) is 7.96.